The molecule has 8 heteroatoms. The molecule has 0 spiro atoms. The third-order valence-corrected chi connectivity index (χ3v) is 6.80. The van der Waals surface area contributed by atoms with Gasteiger partial charge in [-0.05, 0) is 29.9 Å². The number of halogens is 3. The van der Waals surface area contributed by atoms with Gasteiger partial charge >= 0.3 is 0 Å². The first kappa shape index (κ1) is 27.2. The highest BCUT2D eigenvalue weighted by Crippen LogP contribution is 2.46. The summed E-state index contributed by atoms with van der Waals surface area (Å²) < 4.78 is 0. The van der Waals surface area contributed by atoms with Gasteiger partial charge in [-0.2, -0.15) is 4.98 Å². The summed E-state index contributed by atoms with van der Waals surface area (Å²) in [6, 6.07) is 21.2. The molecule has 1 saturated carbocycles. The lowest BCUT2D eigenvalue weighted by molar-refractivity contribution is 0.423. The van der Waals surface area contributed by atoms with Gasteiger partial charge in [0.25, 0.3) is 0 Å². The Bertz CT molecular complexity index is 1240. The second-order valence-electron chi connectivity index (χ2n) is 8.75. The fourth-order valence-electron chi connectivity index (χ4n) is 4.89. The predicted octanol–water partition coefficient (Wildman–Crippen LogP) is 6.30. The average molecular weight is 531 g/mol. The van der Waals surface area contributed by atoms with Gasteiger partial charge in [0.1, 0.15) is 0 Å². The molecule has 0 atom stereocenters. The van der Waals surface area contributed by atoms with Crippen LogP contribution in [0.2, 0.25) is 0 Å². The Morgan fingerprint density at radius 1 is 0.771 bits per heavy atom. The first-order chi connectivity index (χ1) is 15.9. The van der Waals surface area contributed by atoms with Crippen molar-refractivity contribution in [1.82, 2.24) is 20.3 Å². The van der Waals surface area contributed by atoms with Crippen LogP contribution in [0.1, 0.15) is 30.7 Å². The van der Waals surface area contributed by atoms with Crippen LogP contribution in [0.25, 0.3) is 33.4 Å². The second kappa shape index (κ2) is 12.0. The number of nitrogens with one attached hydrogen (secondary N) is 1. The Kier molecular flexibility index (Phi) is 9.31. The van der Waals surface area contributed by atoms with Crippen LogP contribution in [-0.4, -0.2) is 41.1 Å². The van der Waals surface area contributed by atoms with Crippen molar-refractivity contribution < 1.29 is 0 Å². The summed E-state index contributed by atoms with van der Waals surface area (Å²) in [6.07, 6.45) is 5.75. The van der Waals surface area contributed by atoms with E-state index in [1.807, 2.05) is 6.20 Å². The maximum absolute atomic E-state index is 5.18. The Labute approximate surface area is 225 Å². The van der Waals surface area contributed by atoms with Gasteiger partial charge in [-0.1, -0.05) is 67.1 Å². The number of aromatic nitrogens is 3. The fourth-order valence-corrected chi connectivity index (χ4v) is 4.89. The van der Waals surface area contributed by atoms with Crippen molar-refractivity contribution in [2.24, 2.45) is 0 Å². The zero-order valence-electron chi connectivity index (χ0n) is 19.4. The molecule has 4 aromatic rings. The van der Waals surface area contributed by atoms with Gasteiger partial charge in [0, 0.05) is 48.9 Å². The van der Waals surface area contributed by atoms with Gasteiger partial charge in [0.2, 0.25) is 5.95 Å². The van der Waals surface area contributed by atoms with E-state index in [1.54, 1.807) is 0 Å². The van der Waals surface area contributed by atoms with Gasteiger partial charge in [-0.25, -0.2) is 9.97 Å². The summed E-state index contributed by atoms with van der Waals surface area (Å²) in [5.74, 6) is 1.32. The van der Waals surface area contributed by atoms with Gasteiger partial charge in [0.05, 0.1) is 5.69 Å². The van der Waals surface area contributed by atoms with Gasteiger partial charge in [-0.15, -0.1) is 37.2 Å². The Balaban J connectivity index is 0.00000114. The molecular formula is C27H30Cl3N5. The van der Waals surface area contributed by atoms with Crippen LogP contribution < -0.4 is 10.2 Å². The highest BCUT2D eigenvalue weighted by molar-refractivity contribution is 5.98. The molecule has 0 bridgehead atoms. The molecule has 2 aromatic carbocycles. The maximum atomic E-state index is 5.18. The van der Waals surface area contributed by atoms with Crippen LogP contribution in [0, 0.1) is 0 Å². The van der Waals surface area contributed by atoms with Crippen LogP contribution in [0.15, 0.2) is 66.9 Å². The Morgan fingerprint density at radius 2 is 1.40 bits per heavy atom. The molecule has 5 nitrogen and oxygen atoms in total. The lowest BCUT2D eigenvalue weighted by atomic mass is 9.76. The number of nitrogens with zero attached hydrogens (tertiary/aromatic N) is 4. The molecule has 0 unspecified atom stereocenters. The smallest absolute Gasteiger partial charge is 0.228 e. The van der Waals surface area contributed by atoms with E-state index in [1.165, 1.54) is 36.0 Å². The summed E-state index contributed by atoms with van der Waals surface area (Å²) >= 11 is 0. The van der Waals surface area contributed by atoms with E-state index in [9.17, 15) is 0 Å². The van der Waals surface area contributed by atoms with Crippen LogP contribution in [0.4, 0.5) is 5.95 Å². The molecule has 6 rings (SSSR count). The van der Waals surface area contributed by atoms with Gasteiger partial charge in [0.15, 0.2) is 5.65 Å². The second-order valence-corrected chi connectivity index (χ2v) is 8.75. The monoisotopic (exact) mass is 529 g/mol. The number of benzene rings is 2. The summed E-state index contributed by atoms with van der Waals surface area (Å²) in [6.45, 7) is 3.74. The highest BCUT2D eigenvalue weighted by Gasteiger charge is 2.29. The molecule has 2 aliphatic rings. The van der Waals surface area contributed by atoms with E-state index in [-0.39, 0.29) is 37.2 Å². The Morgan fingerprint density at radius 3 is 2.00 bits per heavy atom. The van der Waals surface area contributed by atoms with Crippen LogP contribution in [-0.2, 0) is 0 Å². The number of hydrogen-bond acceptors (Lipinski definition) is 5. The average Bonchev–Trinajstić information content (AvgIpc) is 2.84. The fraction of sp³-hybridized carbons (Fsp3) is 0.296. The van der Waals surface area contributed by atoms with Gasteiger partial charge in [-0.3, -0.25) is 0 Å². The number of fused-ring (bicyclic) bond motifs is 1. The minimum Gasteiger partial charge on any atom is -0.338 e. The standard InChI is InChI=1S/C27H27N5.3ClH/c1-3-8-19(9-4-1)22-18-29-26-24(23(22)20-12-7-13-20)25(21-10-5-2-6-11-21)30-27(31-26)32-16-14-28-15-17-32;;;/h1-6,8-11,18,20,28H,7,12-17H2;3*1H. The zero-order chi connectivity index (χ0) is 21.3. The van der Waals surface area contributed by atoms with Crippen LogP contribution >= 0.6 is 37.2 Å². The van der Waals surface area contributed by atoms with Crippen molar-refractivity contribution in [3.05, 3.63) is 72.4 Å². The van der Waals surface area contributed by atoms with Gasteiger partial charge < -0.3 is 10.2 Å². The molecule has 184 valence electrons. The van der Waals surface area contributed by atoms with E-state index < -0.39 is 0 Å². The molecule has 2 aromatic heterocycles. The first-order valence-corrected chi connectivity index (χ1v) is 11.7. The van der Waals surface area contributed by atoms with Crippen molar-refractivity contribution in [2.75, 3.05) is 31.1 Å². The van der Waals surface area contributed by atoms with Crippen LogP contribution in [0.5, 0.6) is 0 Å². The van der Waals surface area contributed by atoms with Crippen molar-refractivity contribution in [3.8, 4) is 22.4 Å². The van der Waals surface area contributed by atoms with Crippen molar-refractivity contribution in [1.29, 1.82) is 0 Å². The normalized spacial score (nSPS) is 15.4. The number of hydrogen-bond donors (Lipinski definition) is 1. The van der Waals surface area contributed by atoms with E-state index in [2.05, 4.69) is 70.9 Å². The lowest BCUT2D eigenvalue weighted by Gasteiger charge is -2.31. The summed E-state index contributed by atoms with van der Waals surface area (Å²) in [7, 11) is 0. The SMILES string of the molecule is Cl.Cl.Cl.c1ccc(-c2cnc3nc(N4CCNCC4)nc(-c4ccccc4)c3c2C2CCC2)cc1. The molecule has 2 fully saturated rings. The predicted molar refractivity (Wildman–Crippen MR) is 152 cm³/mol. The topological polar surface area (TPSA) is 53.9 Å². The molecule has 1 aliphatic carbocycles. The van der Waals surface area contributed by atoms with Crippen LogP contribution in [0.3, 0.4) is 0 Å². The molecule has 1 saturated heterocycles. The maximum Gasteiger partial charge on any atom is 0.228 e. The third-order valence-electron chi connectivity index (χ3n) is 6.80. The molecule has 0 amide bonds. The third kappa shape index (κ3) is 5.24. The molecular weight excluding hydrogens is 501 g/mol. The molecule has 1 N–H and O–H groups in total. The molecule has 1 aliphatic heterocycles. The zero-order valence-corrected chi connectivity index (χ0v) is 21.8. The van der Waals surface area contributed by atoms with Crippen molar-refractivity contribution >= 4 is 54.2 Å². The van der Waals surface area contributed by atoms with E-state index in [0.29, 0.717) is 5.92 Å². The molecule has 0 radical (unpaired) electrons. The highest BCUT2D eigenvalue weighted by atomic mass is 35.5. The van der Waals surface area contributed by atoms with Crippen molar-refractivity contribution in [2.45, 2.75) is 25.2 Å². The minimum atomic E-state index is 0. The lowest BCUT2D eigenvalue weighted by Crippen LogP contribution is -2.44. The largest absolute Gasteiger partial charge is 0.338 e. The Hall–Kier alpha value is -2.44. The first-order valence-electron chi connectivity index (χ1n) is 11.7. The number of anilines is 1. The number of piperazine rings is 1. The summed E-state index contributed by atoms with van der Waals surface area (Å²) in [5, 5.41) is 4.55. The van der Waals surface area contributed by atoms with Crippen molar-refractivity contribution in [3.63, 3.8) is 0 Å². The summed E-state index contributed by atoms with van der Waals surface area (Å²) in [4.78, 5) is 17.4. The molecule has 3 heterocycles. The van der Waals surface area contributed by atoms with E-state index in [0.717, 1.165) is 54.4 Å². The van der Waals surface area contributed by atoms with E-state index in [4.69, 9.17) is 15.0 Å². The molecule has 35 heavy (non-hydrogen) atoms. The van der Waals surface area contributed by atoms with E-state index >= 15 is 0 Å². The minimum absolute atomic E-state index is 0. The summed E-state index contributed by atoms with van der Waals surface area (Å²) in [5.41, 5.74) is 6.76. The number of pyridine rings is 1. The quantitative estimate of drug-likeness (QED) is 0.335. The number of rotatable bonds is 4.